The van der Waals surface area contributed by atoms with Gasteiger partial charge in [-0.15, -0.1) is 0 Å². The van der Waals surface area contributed by atoms with Crippen LogP contribution in [-0.2, 0) is 9.59 Å². The lowest BCUT2D eigenvalue weighted by Gasteiger charge is -2.48. The van der Waals surface area contributed by atoms with Crippen molar-refractivity contribution >= 4 is 56.7 Å². The minimum atomic E-state index is -0.377. The third-order valence-corrected chi connectivity index (χ3v) is 17.5. The summed E-state index contributed by atoms with van der Waals surface area (Å²) in [4.78, 5) is 50.7. The fourth-order valence-electron chi connectivity index (χ4n) is 11.5. The molecule has 75 heavy (non-hydrogen) atoms. The summed E-state index contributed by atoms with van der Waals surface area (Å²) in [5.74, 6) is 0.803. The van der Waals surface area contributed by atoms with Crippen LogP contribution in [0.2, 0.25) is 0 Å². The molecule has 7 heteroatoms. The predicted octanol–water partition coefficient (Wildman–Crippen LogP) is 16.7. The quantitative estimate of drug-likeness (QED) is 0.0570. The molecule has 0 saturated heterocycles. The van der Waals surface area contributed by atoms with Crippen molar-refractivity contribution in [2.45, 2.75) is 178 Å². The average Bonchev–Trinajstić information content (AvgIpc) is 3.35. The minimum absolute atomic E-state index is 0.0232. The lowest BCUT2D eigenvalue weighted by atomic mass is 9.69. The van der Waals surface area contributed by atoms with Gasteiger partial charge in [-0.05, 0) is 197 Å². The van der Waals surface area contributed by atoms with Crippen molar-refractivity contribution in [2.75, 3.05) is 31.5 Å². The number of nitrogens with zero attached hydrogens (tertiary/aromatic N) is 3. The first-order valence-corrected chi connectivity index (χ1v) is 28.4. The van der Waals surface area contributed by atoms with Gasteiger partial charge in [0.2, 0.25) is 0 Å². The molecule has 3 aliphatic rings. The zero-order chi connectivity index (χ0) is 54.7. The smallest absolute Gasteiger partial charge is 0.191 e. The molecule has 3 aliphatic heterocycles. The Bertz CT molecular complexity index is 2840. The number of anilines is 1. The van der Waals surface area contributed by atoms with Crippen LogP contribution in [-0.4, -0.2) is 74.8 Å². The molecule has 2 unspecified atom stereocenters. The number of hydrogen-bond donors (Lipinski definition) is 1. The van der Waals surface area contributed by atoms with Gasteiger partial charge in [0.25, 0.3) is 0 Å². The Kier molecular flexibility index (Phi) is 17.1. The fourth-order valence-corrected chi connectivity index (χ4v) is 11.5. The summed E-state index contributed by atoms with van der Waals surface area (Å²) < 4.78 is 0. The molecule has 0 fully saturated rings. The van der Waals surface area contributed by atoms with Gasteiger partial charge < -0.3 is 20.0 Å². The summed E-state index contributed by atoms with van der Waals surface area (Å²) >= 11 is 0. The third-order valence-electron chi connectivity index (χ3n) is 17.5. The number of carbonyl (C=O) groups is 3. The van der Waals surface area contributed by atoms with Crippen LogP contribution in [0.5, 0.6) is 0 Å². The molecule has 0 saturated carbocycles. The van der Waals surface area contributed by atoms with Gasteiger partial charge in [-0.2, -0.15) is 0 Å². The van der Waals surface area contributed by atoms with Gasteiger partial charge in [0.05, 0.1) is 0 Å². The van der Waals surface area contributed by atoms with Gasteiger partial charge in [-0.3, -0.25) is 14.4 Å². The van der Waals surface area contributed by atoms with Crippen molar-refractivity contribution in [1.29, 1.82) is 0 Å². The molecule has 1 N–H and O–H groups in total. The number of ketones is 3. The fraction of sp³-hybridized carbons (Fsp3) is 0.515. The molecule has 0 radical (unpaired) electrons. The molecule has 7 nitrogen and oxygen atoms in total. The van der Waals surface area contributed by atoms with E-state index in [1.165, 1.54) is 19.3 Å². The Morgan fingerprint density at radius 3 is 1.55 bits per heavy atom. The molecule has 0 amide bonds. The molecule has 0 bridgehead atoms. The van der Waals surface area contributed by atoms with Gasteiger partial charge >= 0.3 is 0 Å². The summed E-state index contributed by atoms with van der Waals surface area (Å²) in [6.07, 6.45) is 23.2. The van der Waals surface area contributed by atoms with Crippen LogP contribution in [0.25, 0.3) is 33.7 Å². The largest absolute Gasteiger partial charge is 0.385 e. The third kappa shape index (κ3) is 12.9. The number of nitrogens with one attached hydrogen (secondary N) is 1. The highest BCUT2D eigenvalue weighted by Crippen LogP contribution is 2.46. The highest BCUT2D eigenvalue weighted by molar-refractivity contribution is 6.17. The number of allylic oxidation sites excluding steroid dienone is 5. The van der Waals surface area contributed by atoms with E-state index < -0.39 is 0 Å². The molecule has 4 aromatic carbocycles. The van der Waals surface area contributed by atoms with Crippen molar-refractivity contribution in [3.63, 3.8) is 0 Å². The van der Waals surface area contributed by atoms with E-state index in [-0.39, 0.29) is 50.2 Å². The first-order valence-electron chi connectivity index (χ1n) is 28.4. The lowest BCUT2D eigenvalue weighted by Crippen LogP contribution is -2.48. The zero-order valence-electron chi connectivity index (χ0n) is 48.8. The van der Waals surface area contributed by atoms with Crippen molar-refractivity contribution in [3.8, 4) is 0 Å². The summed E-state index contributed by atoms with van der Waals surface area (Å²) in [5.41, 5.74) is 4.92. The molecule has 7 rings (SSSR count). The van der Waals surface area contributed by atoms with Crippen LogP contribution >= 0.6 is 0 Å². The second kappa shape index (κ2) is 22.5. The summed E-state index contributed by atoms with van der Waals surface area (Å²) in [7, 11) is 0. The van der Waals surface area contributed by atoms with E-state index in [1.54, 1.807) is 12.2 Å². The number of Topliss-reactive ketones (excluding diaryl/α,β-unsaturated/α-hetero) is 1. The first-order chi connectivity index (χ1) is 35.2. The molecular weight excluding hydrogens is 921 g/mol. The van der Waals surface area contributed by atoms with E-state index in [2.05, 4.69) is 203 Å². The molecule has 3 heterocycles. The molecule has 2 atom stereocenters. The van der Waals surface area contributed by atoms with Crippen molar-refractivity contribution in [2.24, 2.45) is 22.2 Å². The molecule has 0 aromatic heterocycles. The maximum Gasteiger partial charge on any atom is 0.191 e. The highest BCUT2D eigenvalue weighted by atomic mass is 16.1. The first kappa shape index (κ1) is 57.0. The van der Waals surface area contributed by atoms with Gasteiger partial charge in [-0.1, -0.05) is 116 Å². The molecule has 4 aromatic rings. The van der Waals surface area contributed by atoms with Crippen molar-refractivity contribution in [1.82, 2.24) is 14.7 Å². The van der Waals surface area contributed by atoms with Crippen LogP contribution in [0, 0.1) is 22.2 Å². The number of carbonyl (C=O) groups excluding carboxylic acids is 3. The van der Waals surface area contributed by atoms with Crippen LogP contribution < -0.4 is 5.32 Å². The monoisotopic (exact) mass is 1010 g/mol. The normalized spacial score (nSPS) is 19.9. The Morgan fingerprint density at radius 1 is 0.600 bits per heavy atom. The Hall–Kier alpha value is -5.69. The Morgan fingerprint density at radius 2 is 1.05 bits per heavy atom. The van der Waals surface area contributed by atoms with Crippen LogP contribution in [0.4, 0.5) is 5.69 Å². The van der Waals surface area contributed by atoms with E-state index in [4.69, 9.17) is 0 Å². The molecule has 0 spiro atoms. The second-order valence-electron chi connectivity index (χ2n) is 26.5. The number of rotatable bonds is 19. The predicted molar refractivity (Wildman–Crippen MR) is 319 cm³/mol. The van der Waals surface area contributed by atoms with E-state index in [9.17, 15) is 9.59 Å². The van der Waals surface area contributed by atoms with E-state index >= 15 is 4.79 Å². The molecule has 402 valence electrons. The Labute approximate surface area is 452 Å². The number of benzene rings is 4. The molecular formula is C68H92N4O3. The van der Waals surface area contributed by atoms with E-state index in [0.717, 1.165) is 125 Å². The van der Waals surface area contributed by atoms with Crippen LogP contribution in [0.15, 0.2) is 120 Å². The van der Waals surface area contributed by atoms with Gasteiger partial charge in [0, 0.05) is 89.4 Å². The lowest BCUT2D eigenvalue weighted by molar-refractivity contribution is -0.113. The van der Waals surface area contributed by atoms with Gasteiger partial charge in [0.15, 0.2) is 17.3 Å². The molecule has 0 aliphatic carbocycles. The topological polar surface area (TPSA) is 73.0 Å². The van der Waals surface area contributed by atoms with Gasteiger partial charge in [-0.25, -0.2) is 0 Å². The van der Waals surface area contributed by atoms with E-state index in [1.807, 2.05) is 24.3 Å². The van der Waals surface area contributed by atoms with Gasteiger partial charge in [0.1, 0.15) is 0 Å². The maximum absolute atomic E-state index is 15.1. The maximum atomic E-state index is 15.1. The van der Waals surface area contributed by atoms with Crippen molar-refractivity contribution < 1.29 is 14.4 Å². The zero-order valence-corrected chi connectivity index (χ0v) is 48.8. The van der Waals surface area contributed by atoms with E-state index in [0.29, 0.717) is 5.92 Å². The second-order valence-corrected chi connectivity index (χ2v) is 26.5. The standard InChI is InChI=1S/C68H92N4O3/c1-16-18-23-48(17-2)44-69-50-30-28-49(29-31-50)62(75)59-47-72(42-39-66(59,11)12)67(13,14)36-37-68(15)40-43-71(64(6,7)8)46-58(68)61(74)35-33-56-53-26-21-19-24-51(53)55(52-25-20-22-27-54(52)56)32-34-60(73)57-45-70(63(3,4)5)41-38-65(57,9)10/h19-22,24-35,45-48,69H,16-18,23,36-44H2,1-15H3/b34-32+,35-33+. The average molecular weight is 1010 g/mol. The van der Waals surface area contributed by atoms with Crippen LogP contribution in [0.1, 0.15) is 183 Å². The summed E-state index contributed by atoms with van der Waals surface area (Å²) in [6.45, 7) is 37.0. The SMILES string of the molecule is CCCCC(CC)CNc1ccc(C(=O)C2=CN(C(C)(C)CCC3(C)CCN(C(C)(C)C)C=C3C(=O)/C=C/c3c4ccccc4c(/C=C/C(=O)C4=CN(C(C)(C)C)CCC4(C)C)c4ccccc34)CCC2(C)C)cc1. The highest BCUT2D eigenvalue weighted by Gasteiger charge is 2.42. The van der Waals surface area contributed by atoms with Crippen molar-refractivity contribution in [3.05, 3.63) is 137 Å². The summed E-state index contributed by atoms with van der Waals surface area (Å²) in [6, 6.07) is 24.8. The van der Waals surface area contributed by atoms with Crippen LogP contribution in [0.3, 0.4) is 0 Å². The number of hydrogen-bond acceptors (Lipinski definition) is 7. The number of unbranched alkanes of at least 4 members (excludes halogenated alkanes) is 1. The summed E-state index contributed by atoms with van der Waals surface area (Å²) in [5, 5.41) is 7.76. The Balaban J connectivity index is 1.14. The minimum Gasteiger partial charge on any atom is -0.385 e. The number of fused-ring (bicyclic) bond motifs is 2.